The van der Waals surface area contributed by atoms with E-state index in [0.29, 0.717) is 0 Å². The van der Waals surface area contributed by atoms with Crippen LogP contribution in [0.1, 0.15) is 56.2 Å². The smallest absolute Gasteiger partial charge is 0.0305 e. The van der Waals surface area contributed by atoms with Crippen LogP contribution in [0.2, 0.25) is 0 Å². The Morgan fingerprint density at radius 1 is 1.25 bits per heavy atom. The van der Waals surface area contributed by atoms with Gasteiger partial charge in [-0.25, -0.2) is 0 Å². The maximum atomic E-state index is 6.24. The standard InChI is InChI=1S/C14H22IN/c1-3-4-5-6-10-13(16)12-9-7-8-11(2)14(12)15/h7-9,13H,3-6,10,16H2,1-2H3. The summed E-state index contributed by atoms with van der Waals surface area (Å²) in [6, 6.07) is 6.64. The predicted octanol–water partition coefficient (Wildman–Crippen LogP) is 4.57. The Morgan fingerprint density at radius 3 is 2.69 bits per heavy atom. The molecule has 16 heavy (non-hydrogen) atoms. The highest BCUT2D eigenvalue weighted by atomic mass is 127. The highest BCUT2D eigenvalue weighted by molar-refractivity contribution is 14.1. The monoisotopic (exact) mass is 331 g/mol. The van der Waals surface area contributed by atoms with Gasteiger partial charge in [0.25, 0.3) is 0 Å². The lowest BCUT2D eigenvalue weighted by atomic mass is 9.99. The van der Waals surface area contributed by atoms with Crippen LogP contribution in [-0.2, 0) is 0 Å². The van der Waals surface area contributed by atoms with Crippen LogP contribution in [0.15, 0.2) is 18.2 Å². The van der Waals surface area contributed by atoms with Crippen molar-refractivity contribution < 1.29 is 0 Å². The molecule has 2 N–H and O–H groups in total. The molecule has 1 unspecified atom stereocenters. The maximum Gasteiger partial charge on any atom is 0.0305 e. The minimum absolute atomic E-state index is 0.212. The van der Waals surface area contributed by atoms with E-state index in [-0.39, 0.29) is 6.04 Å². The van der Waals surface area contributed by atoms with Crippen LogP contribution in [0.25, 0.3) is 0 Å². The summed E-state index contributed by atoms with van der Waals surface area (Å²) in [6.45, 7) is 4.39. The summed E-state index contributed by atoms with van der Waals surface area (Å²) in [4.78, 5) is 0. The zero-order chi connectivity index (χ0) is 12.0. The van der Waals surface area contributed by atoms with Crippen molar-refractivity contribution in [2.75, 3.05) is 0 Å². The van der Waals surface area contributed by atoms with Gasteiger partial charge in [-0.05, 0) is 47.1 Å². The third kappa shape index (κ3) is 4.06. The topological polar surface area (TPSA) is 26.0 Å². The molecule has 1 rings (SSSR count). The molecule has 0 saturated carbocycles. The molecular weight excluding hydrogens is 309 g/mol. The van der Waals surface area contributed by atoms with Crippen LogP contribution in [0.4, 0.5) is 0 Å². The molecule has 0 heterocycles. The molecule has 0 aromatic heterocycles. The second-order valence-corrected chi connectivity index (χ2v) is 5.51. The normalized spacial score (nSPS) is 12.8. The van der Waals surface area contributed by atoms with Gasteiger partial charge in [-0.3, -0.25) is 0 Å². The number of benzene rings is 1. The fraction of sp³-hybridized carbons (Fsp3) is 0.571. The Morgan fingerprint density at radius 2 is 2.00 bits per heavy atom. The first-order chi connectivity index (χ1) is 7.66. The van der Waals surface area contributed by atoms with Gasteiger partial charge in [0, 0.05) is 9.61 Å². The van der Waals surface area contributed by atoms with Gasteiger partial charge >= 0.3 is 0 Å². The molecule has 0 fully saturated rings. The highest BCUT2D eigenvalue weighted by Gasteiger charge is 2.10. The van der Waals surface area contributed by atoms with Crippen molar-refractivity contribution in [3.05, 3.63) is 32.9 Å². The van der Waals surface area contributed by atoms with Gasteiger partial charge < -0.3 is 5.73 Å². The van der Waals surface area contributed by atoms with Crippen molar-refractivity contribution >= 4 is 22.6 Å². The second kappa shape index (κ2) is 7.28. The summed E-state index contributed by atoms with van der Waals surface area (Å²) < 4.78 is 1.34. The van der Waals surface area contributed by atoms with E-state index in [9.17, 15) is 0 Å². The Hall–Kier alpha value is -0.0900. The number of rotatable bonds is 6. The van der Waals surface area contributed by atoms with E-state index in [4.69, 9.17) is 5.73 Å². The zero-order valence-corrected chi connectivity index (χ0v) is 12.5. The first-order valence-corrected chi connectivity index (χ1v) is 7.25. The molecular formula is C14H22IN. The SMILES string of the molecule is CCCCCCC(N)c1cccc(C)c1I. The lowest BCUT2D eigenvalue weighted by Gasteiger charge is -2.15. The number of unbranched alkanes of at least 4 members (excludes halogenated alkanes) is 3. The summed E-state index contributed by atoms with van der Waals surface area (Å²) in [6.07, 6.45) is 6.29. The van der Waals surface area contributed by atoms with E-state index in [1.54, 1.807) is 0 Å². The third-order valence-corrected chi connectivity index (χ3v) is 4.46. The minimum atomic E-state index is 0.212. The molecule has 90 valence electrons. The van der Waals surface area contributed by atoms with Gasteiger partial charge in [0.2, 0.25) is 0 Å². The molecule has 0 saturated heterocycles. The number of nitrogens with two attached hydrogens (primary N) is 1. The molecule has 0 bridgehead atoms. The van der Waals surface area contributed by atoms with Gasteiger partial charge in [0.05, 0.1) is 0 Å². The van der Waals surface area contributed by atoms with Gasteiger partial charge in [0.1, 0.15) is 0 Å². The van der Waals surface area contributed by atoms with Gasteiger partial charge in [0.15, 0.2) is 0 Å². The number of halogens is 1. The summed E-state index contributed by atoms with van der Waals surface area (Å²) in [5.41, 5.74) is 8.89. The van der Waals surface area contributed by atoms with E-state index >= 15 is 0 Å². The largest absolute Gasteiger partial charge is 0.324 e. The van der Waals surface area contributed by atoms with Gasteiger partial charge in [-0.1, -0.05) is 50.8 Å². The van der Waals surface area contributed by atoms with Crippen molar-refractivity contribution in [1.82, 2.24) is 0 Å². The average molecular weight is 331 g/mol. The summed E-state index contributed by atoms with van der Waals surface area (Å²) in [5.74, 6) is 0. The molecule has 0 radical (unpaired) electrons. The lowest BCUT2D eigenvalue weighted by molar-refractivity contribution is 0.564. The predicted molar refractivity (Wildman–Crippen MR) is 79.6 cm³/mol. The second-order valence-electron chi connectivity index (χ2n) is 4.43. The Kier molecular flexibility index (Phi) is 6.36. The minimum Gasteiger partial charge on any atom is -0.324 e. The first kappa shape index (κ1) is 14.0. The number of aryl methyl sites for hydroxylation is 1. The molecule has 0 aliphatic rings. The highest BCUT2D eigenvalue weighted by Crippen LogP contribution is 2.25. The van der Waals surface area contributed by atoms with Gasteiger partial charge in [-0.15, -0.1) is 0 Å². The first-order valence-electron chi connectivity index (χ1n) is 6.17. The zero-order valence-electron chi connectivity index (χ0n) is 10.3. The summed E-state index contributed by atoms with van der Waals surface area (Å²) in [5, 5.41) is 0. The van der Waals surface area contributed by atoms with E-state index in [1.165, 1.54) is 40.4 Å². The third-order valence-electron chi connectivity index (χ3n) is 2.99. The Labute approximate surface area is 113 Å². The summed E-state index contributed by atoms with van der Waals surface area (Å²) in [7, 11) is 0. The van der Waals surface area contributed by atoms with Crippen molar-refractivity contribution in [1.29, 1.82) is 0 Å². The fourth-order valence-electron chi connectivity index (χ4n) is 1.90. The van der Waals surface area contributed by atoms with Crippen LogP contribution >= 0.6 is 22.6 Å². The molecule has 0 amide bonds. The molecule has 1 aromatic carbocycles. The molecule has 0 aliphatic carbocycles. The van der Waals surface area contributed by atoms with E-state index < -0.39 is 0 Å². The van der Waals surface area contributed by atoms with Crippen LogP contribution in [-0.4, -0.2) is 0 Å². The van der Waals surface area contributed by atoms with Gasteiger partial charge in [-0.2, -0.15) is 0 Å². The van der Waals surface area contributed by atoms with Crippen LogP contribution in [0.5, 0.6) is 0 Å². The average Bonchev–Trinajstić information content (AvgIpc) is 2.28. The quantitative estimate of drug-likeness (QED) is 0.600. The molecule has 0 spiro atoms. The van der Waals surface area contributed by atoms with E-state index in [0.717, 1.165) is 6.42 Å². The van der Waals surface area contributed by atoms with Crippen molar-refractivity contribution in [2.24, 2.45) is 5.73 Å². The van der Waals surface area contributed by atoms with Crippen LogP contribution < -0.4 is 5.73 Å². The van der Waals surface area contributed by atoms with Crippen molar-refractivity contribution in [3.63, 3.8) is 0 Å². The maximum absolute atomic E-state index is 6.24. The Balaban J connectivity index is 2.52. The number of hydrogen-bond acceptors (Lipinski definition) is 1. The molecule has 2 heteroatoms. The van der Waals surface area contributed by atoms with Crippen LogP contribution in [0, 0.1) is 10.5 Å². The molecule has 1 atom stereocenters. The van der Waals surface area contributed by atoms with Crippen molar-refractivity contribution in [3.8, 4) is 0 Å². The van der Waals surface area contributed by atoms with E-state index in [2.05, 4.69) is 54.6 Å². The molecule has 1 nitrogen and oxygen atoms in total. The number of hydrogen-bond donors (Lipinski definition) is 1. The summed E-state index contributed by atoms with van der Waals surface area (Å²) >= 11 is 2.41. The lowest BCUT2D eigenvalue weighted by Crippen LogP contribution is -2.12. The fourth-order valence-corrected chi connectivity index (χ4v) is 2.66. The Bertz CT molecular complexity index is 323. The van der Waals surface area contributed by atoms with Crippen LogP contribution in [0.3, 0.4) is 0 Å². The van der Waals surface area contributed by atoms with E-state index in [1.807, 2.05) is 0 Å². The molecule has 0 aliphatic heterocycles. The molecule has 1 aromatic rings. The van der Waals surface area contributed by atoms with Crippen molar-refractivity contribution in [2.45, 2.75) is 52.0 Å².